The number of nitrogens with zero attached hydrogens (tertiary/aromatic N) is 1. The molecule has 0 aliphatic heterocycles. The van der Waals surface area contributed by atoms with Crippen molar-refractivity contribution >= 4 is 27.9 Å². The molecular weight excluding hydrogens is 430 g/mol. The quantitative estimate of drug-likeness (QED) is 0.219. The van der Waals surface area contributed by atoms with Gasteiger partial charge in [-0.05, 0) is 63.9 Å². The van der Waals surface area contributed by atoms with E-state index >= 15 is 0 Å². The topological polar surface area (TPSA) is 66.3 Å². The van der Waals surface area contributed by atoms with E-state index < -0.39 is 11.3 Å². The van der Waals surface area contributed by atoms with E-state index in [4.69, 9.17) is 4.55 Å². The molecule has 172 valence electrons. The summed E-state index contributed by atoms with van der Waals surface area (Å²) in [6, 6.07) is 23.3. The zero-order valence-corrected chi connectivity index (χ0v) is 20.5. The Balaban J connectivity index is 1.76. The monoisotopic (exact) mass is 461 g/mol. The number of benzene rings is 3. The third kappa shape index (κ3) is 5.03. The lowest BCUT2D eigenvalue weighted by atomic mass is 9.86. The fourth-order valence-corrected chi connectivity index (χ4v) is 4.28. The minimum atomic E-state index is -2.12. The summed E-state index contributed by atoms with van der Waals surface area (Å²) in [6.45, 7) is 11.1. The lowest BCUT2D eigenvalue weighted by Gasteiger charge is -2.19. The second-order valence-corrected chi connectivity index (χ2v) is 10.4. The van der Waals surface area contributed by atoms with E-state index in [0.717, 1.165) is 11.2 Å². The Bertz CT molecular complexity index is 1280. The van der Waals surface area contributed by atoms with Gasteiger partial charge in [0.2, 0.25) is 11.3 Å². The maximum Gasteiger partial charge on any atom is 0.250 e. The maximum atomic E-state index is 10.8. The van der Waals surface area contributed by atoms with Crippen molar-refractivity contribution in [3.8, 4) is 16.8 Å². The first kappa shape index (κ1) is 23.2. The molecule has 0 radical (unpaired) electrons. The van der Waals surface area contributed by atoms with Crippen LogP contribution < -0.4 is 10.3 Å². The summed E-state index contributed by atoms with van der Waals surface area (Å²) in [5.41, 5.74) is 10.8. The molecule has 0 amide bonds. The van der Waals surface area contributed by atoms with Crippen LogP contribution in [0.5, 0.6) is 0 Å². The highest BCUT2D eigenvalue weighted by atomic mass is 32.2. The highest BCUT2D eigenvalue weighted by molar-refractivity contribution is 7.77. The molecule has 1 aromatic heterocycles. The molecule has 3 aromatic carbocycles. The van der Waals surface area contributed by atoms with Crippen molar-refractivity contribution in [3.05, 3.63) is 84.1 Å². The van der Waals surface area contributed by atoms with Gasteiger partial charge in [-0.3, -0.25) is 4.55 Å². The van der Waals surface area contributed by atoms with Crippen molar-refractivity contribution in [3.63, 3.8) is 0 Å². The van der Waals surface area contributed by atoms with Crippen LogP contribution in [-0.4, -0.2) is 13.3 Å². The first-order valence-corrected chi connectivity index (χ1v) is 12.2. The average molecular weight is 462 g/mol. The molecule has 4 aromatic rings. The molecule has 0 spiro atoms. The molecule has 0 fully saturated rings. The Morgan fingerprint density at radius 2 is 1.55 bits per heavy atom. The van der Waals surface area contributed by atoms with Gasteiger partial charge in [0.15, 0.2) is 0 Å². The van der Waals surface area contributed by atoms with Crippen LogP contribution in [0, 0.1) is 0 Å². The van der Waals surface area contributed by atoms with Gasteiger partial charge in [0, 0.05) is 23.0 Å². The van der Waals surface area contributed by atoms with Crippen LogP contribution in [0.1, 0.15) is 51.7 Å². The summed E-state index contributed by atoms with van der Waals surface area (Å²) in [5, 5.41) is 1.25. The molecule has 6 heteroatoms. The fourth-order valence-electron chi connectivity index (χ4n) is 4.08. The Morgan fingerprint density at radius 1 is 0.909 bits per heavy atom. The molecule has 0 aliphatic rings. The van der Waals surface area contributed by atoms with Gasteiger partial charge in [0.05, 0.1) is 5.52 Å². The van der Waals surface area contributed by atoms with E-state index in [1.54, 1.807) is 0 Å². The first-order chi connectivity index (χ1) is 15.6. The number of fused-ring (bicyclic) bond motifs is 1. The molecule has 5 nitrogen and oxygen atoms in total. The average Bonchev–Trinajstić information content (AvgIpc) is 3.17. The number of hydrazine groups is 1. The van der Waals surface area contributed by atoms with Gasteiger partial charge in [-0.25, -0.2) is 4.21 Å². The number of aromatic nitrogens is 1. The summed E-state index contributed by atoms with van der Waals surface area (Å²) in [7, 11) is 0. The van der Waals surface area contributed by atoms with E-state index in [9.17, 15) is 4.21 Å². The van der Waals surface area contributed by atoms with Crippen molar-refractivity contribution in [1.29, 1.82) is 0 Å². The molecular formula is C27H31N3O2S. The standard InChI is InChI=1S/C27H31N3O2S/c1-18(2)25-17-30(23-13-11-22(12-14-23)28-29-33(31)32)26-16-20(8-15-24(25)26)19-6-9-21(10-7-19)27(3,4)5/h6-18,28-29H,1-5H3,(H,31,32). The molecule has 0 aliphatic carbocycles. The largest absolute Gasteiger partial charge is 0.316 e. The number of hydrogen-bond acceptors (Lipinski definition) is 2. The van der Waals surface area contributed by atoms with Gasteiger partial charge in [-0.1, -0.05) is 71.0 Å². The zero-order valence-electron chi connectivity index (χ0n) is 19.7. The maximum absolute atomic E-state index is 10.8. The van der Waals surface area contributed by atoms with E-state index in [-0.39, 0.29) is 5.41 Å². The molecule has 1 unspecified atom stereocenters. The third-order valence-electron chi connectivity index (χ3n) is 5.97. The van der Waals surface area contributed by atoms with Crippen molar-refractivity contribution in [2.24, 2.45) is 0 Å². The zero-order chi connectivity index (χ0) is 23.8. The molecule has 0 bridgehead atoms. The van der Waals surface area contributed by atoms with Crippen molar-refractivity contribution in [2.75, 3.05) is 5.43 Å². The van der Waals surface area contributed by atoms with Crippen LogP contribution in [0.15, 0.2) is 72.9 Å². The van der Waals surface area contributed by atoms with E-state index in [0.29, 0.717) is 11.6 Å². The Morgan fingerprint density at radius 3 is 2.12 bits per heavy atom. The van der Waals surface area contributed by atoms with Crippen LogP contribution in [0.4, 0.5) is 5.69 Å². The molecule has 1 atom stereocenters. The molecule has 33 heavy (non-hydrogen) atoms. The first-order valence-electron chi connectivity index (χ1n) is 11.1. The van der Waals surface area contributed by atoms with E-state index in [1.165, 1.54) is 27.6 Å². The predicted octanol–water partition coefficient (Wildman–Crippen LogP) is 6.77. The SMILES string of the molecule is CC(C)c1cn(-c2ccc(NNS(=O)O)cc2)c2cc(-c3ccc(C(C)(C)C)cc3)ccc12. The summed E-state index contributed by atoms with van der Waals surface area (Å²) in [6.07, 6.45) is 2.21. The molecule has 1 heterocycles. The number of nitrogens with one attached hydrogen (secondary N) is 2. The second kappa shape index (κ2) is 9.14. The third-order valence-corrected chi connectivity index (χ3v) is 6.25. The summed E-state index contributed by atoms with van der Waals surface area (Å²) in [4.78, 5) is 2.28. The van der Waals surface area contributed by atoms with Crippen LogP contribution in [-0.2, 0) is 16.7 Å². The van der Waals surface area contributed by atoms with Crippen LogP contribution in [0.3, 0.4) is 0 Å². The Labute approximate surface area is 198 Å². The van der Waals surface area contributed by atoms with Gasteiger partial charge in [0.25, 0.3) is 0 Å². The lowest BCUT2D eigenvalue weighted by Crippen LogP contribution is -2.23. The van der Waals surface area contributed by atoms with Gasteiger partial charge in [-0.15, -0.1) is 4.83 Å². The smallest absolute Gasteiger partial charge is 0.250 e. The van der Waals surface area contributed by atoms with Gasteiger partial charge in [0.1, 0.15) is 0 Å². The van der Waals surface area contributed by atoms with Crippen molar-refractivity contribution < 1.29 is 8.76 Å². The van der Waals surface area contributed by atoms with Crippen molar-refractivity contribution in [2.45, 2.75) is 46.0 Å². The number of anilines is 1. The van der Waals surface area contributed by atoms with Crippen molar-refractivity contribution in [1.82, 2.24) is 9.40 Å². The van der Waals surface area contributed by atoms with Gasteiger partial charge >= 0.3 is 0 Å². The molecule has 3 N–H and O–H groups in total. The fraction of sp³-hybridized carbons (Fsp3) is 0.259. The molecule has 4 rings (SSSR count). The molecule has 0 saturated carbocycles. The van der Waals surface area contributed by atoms with Crippen LogP contribution in [0.2, 0.25) is 0 Å². The number of rotatable bonds is 6. The van der Waals surface area contributed by atoms with Crippen LogP contribution in [0.25, 0.3) is 27.7 Å². The highest BCUT2D eigenvalue weighted by Gasteiger charge is 2.15. The lowest BCUT2D eigenvalue weighted by molar-refractivity contribution is 0.555. The molecule has 0 saturated heterocycles. The normalized spacial score (nSPS) is 12.9. The van der Waals surface area contributed by atoms with Gasteiger partial charge < -0.3 is 9.99 Å². The Hall–Kier alpha value is -2.93. The van der Waals surface area contributed by atoms with Crippen LogP contribution >= 0.6 is 0 Å². The minimum absolute atomic E-state index is 0.131. The summed E-state index contributed by atoms with van der Waals surface area (Å²) < 4.78 is 21.9. The number of hydrogen-bond donors (Lipinski definition) is 3. The van der Waals surface area contributed by atoms with Gasteiger partial charge in [-0.2, -0.15) is 0 Å². The second-order valence-electron chi connectivity index (χ2n) is 9.69. The highest BCUT2D eigenvalue weighted by Crippen LogP contribution is 2.34. The summed E-state index contributed by atoms with van der Waals surface area (Å²) >= 11 is -2.12. The Kier molecular flexibility index (Phi) is 6.43. The minimum Gasteiger partial charge on any atom is -0.316 e. The predicted molar refractivity (Wildman–Crippen MR) is 139 cm³/mol. The van der Waals surface area contributed by atoms with E-state index in [2.05, 4.69) is 98.1 Å². The summed E-state index contributed by atoms with van der Waals surface area (Å²) in [5.74, 6) is 0.398. The van der Waals surface area contributed by atoms with E-state index in [1.807, 2.05) is 24.3 Å².